The van der Waals surface area contributed by atoms with E-state index in [0.29, 0.717) is 31.7 Å². The summed E-state index contributed by atoms with van der Waals surface area (Å²) in [6.07, 6.45) is 1.10. The van der Waals surface area contributed by atoms with Gasteiger partial charge in [-0.1, -0.05) is 30.3 Å². The predicted octanol–water partition coefficient (Wildman–Crippen LogP) is 1.72. The maximum Gasteiger partial charge on any atom is 0.225 e. The van der Waals surface area contributed by atoms with Crippen LogP contribution < -0.4 is 10.2 Å². The first-order chi connectivity index (χ1) is 12.6. The number of rotatable bonds is 5. The molecular formula is C19H23N5O2. The third kappa shape index (κ3) is 4.78. The standard InChI is InChI=1S/C19H23N5O2/c1-15(25)23-11-13-24(14-12-23)18-9-8-17(21-22-18)20-19(26)10-7-16-5-3-2-4-6-16/h2-6,8-9H,7,10-14H2,1H3,(H,20,21,26). The van der Waals surface area contributed by atoms with E-state index >= 15 is 0 Å². The van der Waals surface area contributed by atoms with Crippen molar-refractivity contribution in [3.05, 3.63) is 48.0 Å². The van der Waals surface area contributed by atoms with Gasteiger partial charge in [0.1, 0.15) is 0 Å². The molecule has 1 aromatic carbocycles. The van der Waals surface area contributed by atoms with Gasteiger partial charge >= 0.3 is 0 Å². The molecule has 2 aromatic rings. The second-order valence-corrected chi connectivity index (χ2v) is 6.30. The molecule has 1 aliphatic heterocycles. The predicted molar refractivity (Wildman–Crippen MR) is 99.9 cm³/mol. The number of nitrogens with zero attached hydrogens (tertiary/aromatic N) is 4. The molecule has 0 bridgehead atoms. The average Bonchev–Trinajstić information content (AvgIpc) is 2.68. The minimum absolute atomic E-state index is 0.0778. The molecule has 2 amide bonds. The Labute approximate surface area is 153 Å². The molecule has 0 aliphatic carbocycles. The van der Waals surface area contributed by atoms with Gasteiger partial charge in [0, 0.05) is 39.5 Å². The fraction of sp³-hybridized carbons (Fsp3) is 0.368. The molecule has 1 fully saturated rings. The monoisotopic (exact) mass is 353 g/mol. The molecule has 136 valence electrons. The summed E-state index contributed by atoms with van der Waals surface area (Å²) >= 11 is 0. The first-order valence-electron chi connectivity index (χ1n) is 8.80. The van der Waals surface area contributed by atoms with Gasteiger partial charge in [-0.15, -0.1) is 10.2 Å². The number of nitrogens with one attached hydrogen (secondary N) is 1. The van der Waals surface area contributed by atoms with Crippen molar-refractivity contribution in [2.24, 2.45) is 0 Å². The lowest BCUT2D eigenvalue weighted by Gasteiger charge is -2.34. The number of carbonyl (C=O) groups excluding carboxylic acids is 2. The van der Waals surface area contributed by atoms with E-state index < -0.39 is 0 Å². The molecule has 0 radical (unpaired) electrons. The molecule has 0 spiro atoms. The summed E-state index contributed by atoms with van der Waals surface area (Å²) in [5.41, 5.74) is 1.13. The Morgan fingerprint density at radius 1 is 1.00 bits per heavy atom. The van der Waals surface area contributed by atoms with Gasteiger partial charge in [-0.2, -0.15) is 0 Å². The topological polar surface area (TPSA) is 78.4 Å². The van der Waals surface area contributed by atoms with Gasteiger partial charge in [-0.3, -0.25) is 9.59 Å². The van der Waals surface area contributed by atoms with Gasteiger partial charge in [0.15, 0.2) is 11.6 Å². The number of piperazine rings is 1. The Morgan fingerprint density at radius 2 is 1.73 bits per heavy atom. The van der Waals surface area contributed by atoms with Crippen molar-refractivity contribution in [1.82, 2.24) is 15.1 Å². The second-order valence-electron chi connectivity index (χ2n) is 6.30. The van der Waals surface area contributed by atoms with Crippen LogP contribution in [0.3, 0.4) is 0 Å². The smallest absolute Gasteiger partial charge is 0.225 e. The van der Waals surface area contributed by atoms with Crippen LogP contribution in [0.4, 0.5) is 11.6 Å². The molecular weight excluding hydrogens is 330 g/mol. The van der Waals surface area contributed by atoms with E-state index in [1.807, 2.05) is 41.3 Å². The maximum atomic E-state index is 12.0. The summed E-state index contributed by atoms with van der Waals surface area (Å²) in [4.78, 5) is 27.3. The molecule has 7 heteroatoms. The third-order valence-corrected chi connectivity index (χ3v) is 4.45. The van der Waals surface area contributed by atoms with Crippen molar-refractivity contribution in [3.8, 4) is 0 Å². The van der Waals surface area contributed by atoms with E-state index in [9.17, 15) is 9.59 Å². The number of amides is 2. The van der Waals surface area contributed by atoms with Crippen molar-refractivity contribution in [2.75, 3.05) is 36.4 Å². The Bertz CT molecular complexity index is 740. The van der Waals surface area contributed by atoms with Crippen LogP contribution in [0, 0.1) is 0 Å². The Kier molecular flexibility index (Phi) is 5.78. The summed E-state index contributed by atoms with van der Waals surface area (Å²) < 4.78 is 0. The molecule has 0 atom stereocenters. The van der Waals surface area contributed by atoms with E-state index in [1.165, 1.54) is 0 Å². The number of aryl methyl sites for hydroxylation is 1. The van der Waals surface area contributed by atoms with Crippen molar-refractivity contribution >= 4 is 23.5 Å². The number of benzene rings is 1. The van der Waals surface area contributed by atoms with Crippen LogP contribution in [0.25, 0.3) is 0 Å². The van der Waals surface area contributed by atoms with Crippen molar-refractivity contribution in [1.29, 1.82) is 0 Å². The maximum absolute atomic E-state index is 12.0. The van der Waals surface area contributed by atoms with E-state index in [-0.39, 0.29) is 11.8 Å². The zero-order valence-electron chi connectivity index (χ0n) is 14.9. The molecule has 1 aliphatic rings. The first-order valence-corrected chi connectivity index (χ1v) is 8.80. The normalized spacial score (nSPS) is 14.2. The van der Waals surface area contributed by atoms with E-state index in [4.69, 9.17) is 0 Å². The lowest BCUT2D eigenvalue weighted by atomic mass is 10.1. The molecule has 7 nitrogen and oxygen atoms in total. The Hall–Kier alpha value is -2.96. The van der Waals surface area contributed by atoms with Crippen molar-refractivity contribution in [2.45, 2.75) is 19.8 Å². The quantitative estimate of drug-likeness (QED) is 0.885. The number of aromatic nitrogens is 2. The number of hydrogen-bond donors (Lipinski definition) is 1. The average molecular weight is 353 g/mol. The lowest BCUT2D eigenvalue weighted by Crippen LogP contribution is -2.48. The minimum atomic E-state index is -0.0778. The van der Waals surface area contributed by atoms with E-state index in [2.05, 4.69) is 20.4 Å². The molecule has 0 unspecified atom stereocenters. The Balaban J connectivity index is 1.48. The highest BCUT2D eigenvalue weighted by Crippen LogP contribution is 2.14. The summed E-state index contributed by atoms with van der Waals surface area (Å²) in [5, 5.41) is 11.1. The van der Waals surface area contributed by atoms with Gasteiger partial charge in [0.05, 0.1) is 0 Å². The highest BCUT2D eigenvalue weighted by molar-refractivity contribution is 5.89. The molecule has 26 heavy (non-hydrogen) atoms. The number of carbonyl (C=O) groups is 2. The number of hydrogen-bond acceptors (Lipinski definition) is 5. The van der Waals surface area contributed by atoms with Crippen LogP contribution in [0.2, 0.25) is 0 Å². The summed E-state index contributed by atoms with van der Waals surface area (Å²) in [7, 11) is 0. The lowest BCUT2D eigenvalue weighted by molar-refractivity contribution is -0.129. The van der Waals surface area contributed by atoms with Crippen LogP contribution in [0.1, 0.15) is 18.9 Å². The van der Waals surface area contributed by atoms with Crippen molar-refractivity contribution in [3.63, 3.8) is 0 Å². The zero-order valence-corrected chi connectivity index (χ0v) is 14.9. The fourth-order valence-corrected chi connectivity index (χ4v) is 2.92. The van der Waals surface area contributed by atoms with Crippen LogP contribution >= 0.6 is 0 Å². The Morgan fingerprint density at radius 3 is 2.35 bits per heavy atom. The highest BCUT2D eigenvalue weighted by Gasteiger charge is 2.19. The fourth-order valence-electron chi connectivity index (χ4n) is 2.92. The first kappa shape index (κ1) is 17.8. The van der Waals surface area contributed by atoms with Crippen LogP contribution in [-0.2, 0) is 16.0 Å². The van der Waals surface area contributed by atoms with Crippen LogP contribution in [-0.4, -0.2) is 53.1 Å². The molecule has 1 N–H and O–H groups in total. The summed E-state index contributed by atoms with van der Waals surface area (Å²) in [6.45, 7) is 4.43. The van der Waals surface area contributed by atoms with Crippen LogP contribution in [0.5, 0.6) is 0 Å². The minimum Gasteiger partial charge on any atom is -0.352 e. The van der Waals surface area contributed by atoms with E-state index in [0.717, 1.165) is 24.5 Å². The SMILES string of the molecule is CC(=O)N1CCN(c2ccc(NC(=O)CCc3ccccc3)nn2)CC1. The summed E-state index contributed by atoms with van der Waals surface area (Å²) in [5.74, 6) is 1.24. The molecule has 3 rings (SSSR count). The molecule has 2 heterocycles. The number of anilines is 2. The van der Waals surface area contributed by atoms with Gasteiger partial charge < -0.3 is 15.1 Å². The largest absolute Gasteiger partial charge is 0.352 e. The van der Waals surface area contributed by atoms with Gasteiger partial charge in [-0.05, 0) is 24.1 Å². The summed E-state index contributed by atoms with van der Waals surface area (Å²) in [6, 6.07) is 13.5. The van der Waals surface area contributed by atoms with Gasteiger partial charge in [-0.25, -0.2) is 0 Å². The third-order valence-electron chi connectivity index (χ3n) is 4.45. The van der Waals surface area contributed by atoms with Gasteiger partial charge in [0.2, 0.25) is 11.8 Å². The highest BCUT2D eigenvalue weighted by atomic mass is 16.2. The second kappa shape index (κ2) is 8.42. The molecule has 0 saturated carbocycles. The zero-order chi connectivity index (χ0) is 18.4. The van der Waals surface area contributed by atoms with Crippen molar-refractivity contribution < 1.29 is 9.59 Å². The molecule has 1 saturated heterocycles. The van der Waals surface area contributed by atoms with E-state index in [1.54, 1.807) is 13.0 Å². The van der Waals surface area contributed by atoms with Crippen LogP contribution in [0.15, 0.2) is 42.5 Å². The van der Waals surface area contributed by atoms with Gasteiger partial charge in [0.25, 0.3) is 0 Å². The molecule has 1 aromatic heterocycles.